The maximum absolute atomic E-state index is 12.6. The first-order chi connectivity index (χ1) is 11.1. The molecule has 4 nitrogen and oxygen atoms in total. The van der Waals surface area contributed by atoms with Crippen molar-refractivity contribution < 1.29 is 4.79 Å². The van der Waals surface area contributed by atoms with Gasteiger partial charge in [0.05, 0.1) is 10.7 Å². The van der Waals surface area contributed by atoms with E-state index in [4.69, 9.17) is 11.6 Å². The molecule has 5 rings (SSSR count). The molecule has 4 fully saturated rings. The molecule has 3 saturated heterocycles. The third kappa shape index (κ3) is 2.78. The average Bonchev–Trinajstić information content (AvgIpc) is 3.02. The van der Waals surface area contributed by atoms with Crippen molar-refractivity contribution in [3.05, 3.63) is 23.2 Å². The third-order valence-electron chi connectivity index (χ3n) is 5.56. The topological polar surface area (TPSA) is 35.6 Å². The Morgan fingerprint density at radius 1 is 1.17 bits per heavy atom. The molecule has 2 bridgehead atoms. The molecule has 2 amide bonds. The summed E-state index contributed by atoms with van der Waals surface area (Å²) >= 11 is 6.34. The predicted octanol–water partition coefficient (Wildman–Crippen LogP) is 4.34. The number of fused-ring (bicyclic) bond motifs is 2. The maximum atomic E-state index is 12.6. The average molecular weight is 334 g/mol. The van der Waals surface area contributed by atoms with Crippen molar-refractivity contribution in [1.82, 2.24) is 4.90 Å². The molecule has 0 radical (unpaired) electrons. The Labute approximate surface area is 142 Å². The third-order valence-corrected chi connectivity index (χ3v) is 5.88. The van der Waals surface area contributed by atoms with Gasteiger partial charge in [-0.3, -0.25) is 0 Å². The van der Waals surface area contributed by atoms with Gasteiger partial charge < -0.3 is 15.1 Å². The zero-order valence-corrected chi connectivity index (χ0v) is 14.4. The summed E-state index contributed by atoms with van der Waals surface area (Å²) in [7, 11) is 0. The monoisotopic (exact) mass is 333 g/mol. The van der Waals surface area contributed by atoms with E-state index in [1.165, 1.54) is 19.3 Å². The number of urea groups is 1. The minimum absolute atomic E-state index is 0.0489. The van der Waals surface area contributed by atoms with Crippen LogP contribution in [0.5, 0.6) is 0 Å². The Morgan fingerprint density at radius 3 is 2.57 bits per heavy atom. The van der Waals surface area contributed by atoms with E-state index in [2.05, 4.69) is 17.1 Å². The lowest BCUT2D eigenvalue weighted by molar-refractivity contribution is -0.00600. The van der Waals surface area contributed by atoms with E-state index >= 15 is 0 Å². The first-order valence-electron chi connectivity index (χ1n) is 8.75. The highest BCUT2D eigenvalue weighted by atomic mass is 35.5. The number of anilines is 2. The van der Waals surface area contributed by atoms with E-state index in [9.17, 15) is 4.79 Å². The second-order valence-electron chi connectivity index (χ2n) is 7.32. The molecule has 3 atom stereocenters. The fraction of sp³-hybridized carbons (Fsp3) is 0.611. The molecule has 5 heteroatoms. The molecular formula is C18H24ClN3O. The van der Waals surface area contributed by atoms with Crippen molar-refractivity contribution >= 4 is 29.0 Å². The molecule has 3 aliphatic heterocycles. The van der Waals surface area contributed by atoms with Crippen LogP contribution in [0.2, 0.25) is 5.02 Å². The van der Waals surface area contributed by atoms with Crippen LogP contribution in [-0.2, 0) is 0 Å². The van der Waals surface area contributed by atoms with Gasteiger partial charge in [0.2, 0.25) is 0 Å². The summed E-state index contributed by atoms with van der Waals surface area (Å²) in [6, 6.07) is 6.74. The number of hydrogen-bond donors (Lipinski definition) is 1. The van der Waals surface area contributed by atoms with E-state index in [1.54, 1.807) is 0 Å². The summed E-state index contributed by atoms with van der Waals surface area (Å²) in [6.45, 7) is 4.38. The van der Waals surface area contributed by atoms with Crippen LogP contribution >= 0.6 is 11.6 Å². The Bertz CT molecular complexity index is 602. The van der Waals surface area contributed by atoms with Crippen molar-refractivity contribution in [2.24, 2.45) is 5.92 Å². The van der Waals surface area contributed by atoms with E-state index in [1.807, 2.05) is 23.1 Å². The fourth-order valence-corrected chi connectivity index (χ4v) is 4.69. The maximum Gasteiger partial charge on any atom is 0.322 e. The van der Waals surface area contributed by atoms with Crippen molar-refractivity contribution in [2.75, 3.05) is 23.3 Å². The largest absolute Gasteiger partial charge is 0.370 e. The van der Waals surface area contributed by atoms with E-state index in [0.29, 0.717) is 12.1 Å². The van der Waals surface area contributed by atoms with Crippen LogP contribution in [0.15, 0.2) is 18.2 Å². The van der Waals surface area contributed by atoms with E-state index in [-0.39, 0.29) is 6.03 Å². The summed E-state index contributed by atoms with van der Waals surface area (Å²) < 4.78 is 0. The van der Waals surface area contributed by atoms with Crippen LogP contribution in [0.4, 0.5) is 16.2 Å². The number of halogens is 1. The number of benzene rings is 1. The molecule has 1 aromatic rings. The standard InChI is InChI=1S/C18H24ClN3O/c1-12-8-14-11-15(9-12)22(14)18(23)20-13-4-5-16(19)17(10-13)21-6-2-3-7-21/h4-5,10,12,14-15H,2-3,6-9,11H2,1H3,(H,20,23)/t12?,14-,15?/m1/s1. The summed E-state index contributed by atoms with van der Waals surface area (Å²) in [5, 5.41) is 3.84. The molecule has 124 valence electrons. The fourth-order valence-electron chi connectivity index (χ4n) is 4.46. The molecule has 0 aromatic heterocycles. The molecule has 3 heterocycles. The highest BCUT2D eigenvalue weighted by Crippen LogP contribution is 2.41. The van der Waals surface area contributed by atoms with Gasteiger partial charge in [0.15, 0.2) is 0 Å². The van der Waals surface area contributed by atoms with Crippen molar-refractivity contribution in [3.8, 4) is 0 Å². The zero-order valence-electron chi connectivity index (χ0n) is 13.6. The SMILES string of the molecule is CC1CC2C[C@@H](C1)N2C(=O)Nc1ccc(Cl)c(N2CCCC2)c1. The summed E-state index contributed by atoms with van der Waals surface area (Å²) in [5.74, 6) is 0.750. The van der Waals surface area contributed by atoms with Crippen LogP contribution in [0.25, 0.3) is 0 Å². The highest BCUT2D eigenvalue weighted by Gasteiger charge is 2.46. The molecule has 1 aromatic carbocycles. The number of rotatable bonds is 2. The van der Waals surface area contributed by atoms with Gasteiger partial charge in [0, 0.05) is 30.9 Å². The van der Waals surface area contributed by atoms with Crippen LogP contribution < -0.4 is 10.2 Å². The van der Waals surface area contributed by atoms with E-state index < -0.39 is 0 Å². The van der Waals surface area contributed by atoms with Crippen LogP contribution in [0.1, 0.15) is 39.0 Å². The number of hydrogen-bond acceptors (Lipinski definition) is 2. The van der Waals surface area contributed by atoms with Crippen molar-refractivity contribution in [3.63, 3.8) is 0 Å². The molecular weight excluding hydrogens is 310 g/mol. The molecule has 0 spiro atoms. The first-order valence-corrected chi connectivity index (χ1v) is 9.13. The Hall–Kier alpha value is -1.42. The van der Waals surface area contributed by atoms with Gasteiger partial charge in [0.25, 0.3) is 0 Å². The lowest BCUT2D eigenvalue weighted by atomic mass is 9.74. The van der Waals surface area contributed by atoms with Gasteiger partial charge in [0.1, 0.15) is 0 Å². The van der Waals surface area contributed by atoms with Crippen LogP contribution in [0.3, 0.4) is 0 Å². The number of amides is 2. The second kappa shape index (κ2) is 5.90. The molecule has 4 aliphatic rings. The van der Waals surface area contributed by atoms with E-state index in [0.717, 1.165) is 48.2 Å². The van der Waals surface area contributed by atoms with Crippen LogP contribution in [-0.4, -0.2) is 36.1 Å². The molecule has 1 saturated carbocycles. The van der Waals surface area contributed by atoms with Gasteiger partial charge >= 0.3 is 6.03 Å². The number of nitrogens with one attached hydrogen (secondary N) is 1. The molecule has 2 unspecified atom stereocenters. The second-order valence-corrected chi connectivity index (χ2v) is 7.72. The number of carbonyl (C=O) groups is 1. The van der Waals surface area contributed by atoms with Gasteiger partial charge in [-0.25, -0.2) is 4.79 Å². The normalized spacial score (nSPS) is 29.4. The molecule has 1 aliphatic carbocycles. The Kier molecular flexibility index (Phi) is 3.88. The minimum Gasteiger partial charge on any atom is -0.370 e. The van der Waals surface area contributed by atoms with Gasteiger partial charge in [-0.15, -0.1) is 0 Å². The minimum atomic E-state index is 0.0489. The smallest absolute Gasteiger partial charge is 0.322 e. The van der Waals surface area contributed by atoms with Crippen molar-refractivity contribution in [2.45, 2.75) is 51.1 Å². The number of nitrogens with zero attached hydrogens (tertiary/aromatic N) is 2. The first kappa shape index (κ1) is 15.1. The summed E-state index contributed by atoms with van der Waals surface area (Å²) in [6.07, 6.45) is 5.88. The van der Waals surface area contributed by atoms with Gasteiger partial charge in [-0.1, -0.05) is 18.5 Å². The molecule has 23 heavy (non-hydrogen) atoms. The highest BCUT2D eigenvalue weighted by molar-refractivity contribution is 6.33. The van der Waals surface area contributed by atoms with Gasteiger partial charge in [-0.05, 0) is 56.2 Å². The Balaban J connectivity index is 1.46. The van der Waals surface area contributed by atoms with Crippen LogP contribution in [0, 0.1) is 5.92 Å². The Morgan fingerprint density at radius 2 is 1.87 bits per heavy atom. The predicted molar refractivity (Wildman–Crippen MR) is 94.3 cm³/mol. The quantitative estimate of drug-likeness (QED) is 0.873. The number of carbonyl (C=O) groups excluding carboxylic acids is 1. The summed E-state index contributed by atoms with van der Waals surface area (Å²) in [4.78, 5) is 17.0. The lowest BCUT2D eigenvalue weighted by Crippen LogP contribution is -2.63. The lowest BCUT2D eigenvalue weighted by Gasteiger charge is -2.54. The zero-order chi connectivity index (χ0) is 16.0. The number of piperidine rings is 1. The van der Waals surface area contributed by atoms with Crippen molar-refractivity contribution in [1.29, 1.82) is 0 Å². The summed E-state index contributed by atoms with van der Waals surface area (Å²) in [5.41, 5.74) is 1.89. The molecule has 1 N–H and O–H groups in total. The van der Waals surface area contributed by atoms with Gasteiger partial charge in [-0.2, -0.15) is 0 Å².